The minimum atomic E-state index is -3.84. The van der Waals surface area contributed by atoms with Gasteiger partial charge >= 0.3 is 0 Å². The van der Waals surface area contributed by atoms with Gasteiger partial charge in [-0.15, -0.1) is 0 Å². The summed E-state index contributed by atoms with van der Waals surface area (Å²) in [6, 6.07) is 12.2. The molecule has 1 heterocycles. The van der Waals surface area contributed by atoms with Gasteiger partial charge in [0.05, 0.1) is 18.0 Å². The standard InChI is InChI=1S/C25H31BrN2O4S/c1-3-32-22-10-12-23(13-11-22)33(30,31)27(21-7-5-4-6-8-21)17-25(29)28-18(2)15-19-16-20(26)9-14-24(19)28/h9-14,16,18,21H,3-8,15,17H2,1-2H3/t18-/m1/s1. The molecule has 1 aliphatic heterocycles. The molecule has 1 aliphatic carbocycles. The van der Waals surface area contributed by atoms with Crippen LogP contribution in [0, 0.1) is 0 Å². The SMILES string of the molecule is CCOc1ccc(S(=O)(=O)N(CC(=O)N2c3ccc(Br)cc3C[C@H]2C)C2CCCCC2)cc1. The van der Waals surface area contributed by atoms with Crippen molar-refractivity contribution in [2.45, 2.75) is 69.4 Å². The summed E-state index contributed by atoms with van der Waals surface area (Å²) < 4.78 is 35.4. The Hall–Kier alpha value is -1.90. The first kappa shape index (κ1) is 24.2. The van der Waals surface area contributed by atoms with Crippen molar-refractivity contribution in [1.29, 1.82) is 0 Å². The molecule has 178 valence electrons. The van der Waals surface area contributed by atoms with Gasteiger partial charge in [0.1, 0.15) is 5.75 Å². The summed E-state index contributed by atoms with van der Waals surface area (Å²) in [6.45, 7) is 4.26. The zero-order valence-electron chi connectivity index (χ0n) is 19.2. The molecule has 0 spiro atoms. The second-order valence-corrected chi connectivity index (χ2v) is 11.6. The highest BCUT2D eigenvalue weighted by Gasteiger charge is 2.38. The van der Waals surface area contributed by atoms with Crippen molar-refractivity contribution >= 4 is 37.5 Å². The molecule has 1 atom stereocenters. The van der Waals surface area contributed by atoms with Crippen molar-refractivity contribution < 1.29 is 17.9 Å². The van der Waals surface area contributed by atoms with Crippen molar-refractivity contribution in [2.75, 3.05) is 18.1 Å². The van der Waals surface area contributed by atoms with E-state index in [0.29, 0.717) is 12.4 Å². The van der Waals surface area contributed by atoms with E-state index >= 15 is 0 Å². The smallest absolute Gasteiger partial charge is 0.243 e. The number of carbonyl (C=O) groups excluding carboxylic acids is 1. The van der Waals surface area contributed by atoms with Gasteiger partial charge in [-0.25, -0.2) is 8.42 Å². The normalized spacial score (nSPS) is 19.0. The maximum absolute atomic E-state index is 13.7. The number of sulfonamides is 1. The molecule has 0 unspecified atom stereocenters. The van der Waals surface area contributed by atoms with Gasteiger partial charge in [0, 0.05) is 22.2 Å². The number of fused-ring (bicyclic) bond motifs is 1. The van der Waals surface area contributed by atoms with Crippen LogP contribution < -0.4 is 9.64 Å². The largest absolute Gasteiger partial charge is 0.494 e. The summed E-state index contributed by atoms with van der Waals surface area (Å²) in [6.07, 6.45) is 5.38. The molecule has 0 N–H and O–H groups in total. The first-order valence-electron chi connectivity index (χ1n) is 11.7. The lowest BCUT2D eigenvalue weighted by atomic mass is 9.95. The molecule has 8 heteroatoms. The first-order valence-corrected chi connectivity index (χ1v) is 13.9. The number of nitrogens with zero attached hydrogens (tertiary/aromatic N) is 2. The maximum Gasteiger partial charge on any atom is 0.243 e. The number of ether oxygens (including phenoxy) is 1. The molecule has 0 saturated heterocycles. The summed E-state index contributed by atoms with van der Waals surface area (Å²) >= 11 is 3.50. The Kier molecular flexibility index (Phi) is 7.46. The molecular formula is C25H31BrN2O4S. The Morgan fingerprint density at radius 1 is 1.12 bits per heavy atom. The van der Waals surface area contributed by atoms with E-state index in [1.807, 2.05) is 32.0 Å². The highest BCUT2D eigenvalue weighted by Crippen LogP contribution is 2.35. The van der Waals surface area contributed by atoms with E-state index in [4.69, 9.17) is 4.74 Å². The molecular weight excluding hydrogens is 504 g/mol. The van der Waals surface area contributed by atoms with Gasteiger partial charge in [-0.2, -0.15) is 4.31 Å². The summed E-state index contributed by atoms with van der Waals surface area (Å²) in [7, 11) is -3.84. The van der Waals surface area contributed by atoms with Crippen molar-refractivity contribution in [3.8, 4) is 5.75 Å². The monoisotopic (exact) mass is 534 g/mol. The number of halogens is 1. The van der Waals surface area contributed by atoms with E-state index in [2.05, 4.69) is 15.9 Å². The third-order valence-corrected chi connectivity index (χ3v) is 8.95. The Bertz CT molecular complexity index is 1100. The van der Waals surface area contributed by atoms with Crippen LogP contribution >= 0.6 is 15.9 Å². The predicted molar refractivity (Wildman–Crippen MR) is 133 cm³/mol. The van der Waals surface area contributed by atoms with Crippen LogP contribution in [-0.4, -0.2) is 43.9 Å². The van der Waals surface area contributed by atoms with Crippen LogP contribution in [0.4, 0.5) is 5.69 Å². The Morgan fingerprint density at radius 3 is 2.48 bits per heavy atom. The molecule has 1 amide bonds. The van der Waals surface area contributed by atoms with Crippen LogP contribution in [0.3, 0.4) is 0 Å². The predicted octanol–water partition coefficient (Wildman–Crippen LogP) is 5.15. The molecule has 6 nitrogen and oxygen atoms in total. The van der Waals surface area contributed by atoms with Crippen LogP contribution in [0.2, 0.25) is 0 Å². The van der Waals surface area contributed by atoms with Crippen molar-refractivity contribution in [1.82, 2.24) is 4.31 Å². The summed E-state index contributed by atoms with van der Waals surface area (Å²) in [5, 5.41) is 0. The van der Waals surface area contributed by atoms with E-state index in [-0.39, 0.29) is 29.4 Å². The number of hydrogen-bond acceptors (Lipinski definition) is 4. The highest BCUT2D eigenvalue weighted by molar-refractivity contribution is 9.10. The number of anilines is 1. The van der Waals surface area contributed by atoms with E-state index in [0.717, 1.165) is 54.2 Å². The lowest BCUT2D eigenvalue weighted by Crippen LogP contribution is -2.49. The van der Waals surface area contributed by atoms with Crippen molar-refractivity contribution in [3.63, 3.8) is 0 Å². The zero-order valence-corrected chi connectivity index (χ0v) is 21.6. The van der Waals surface area contributed by atoms with E-state index in [1.54, 1.807) is 29.2 Å². The maximum atomic E-state index is 13.7. The van der Waals surface area contributed by atoms with Crippen LogP contribution in [0.25, 0.3) is 0 Å². The molecule has 1 fully saturated rings. The van der Waals surface area contributed by atoms with Crippen LogP contribution in [0.1, 0.15) is 51.5 Å². The fourth-order valence-electron chi connectivity index (χ4n) is 4.98. The van der Waals surface area contributed by atoms with Gasteiger partial charge in [0.15, 0.2) is 0 Å². The van der Waals surface area contributed by atoms with Crippen LogP contribution in [0.15, 0.2) is 51.8 Å². The van der Waals surface area contributed by atoms with Gasteiger partial charge in [0.25, 0.3) is 0 Å². The summed E-state index contributed by atoms with van der Waals surface area (Å²) in [4.78, 5) is 15.5. The average molecular weight is 536 g/mol. The Labute approximate surface area is 205 Å². The number of rotatable bonds is 7. The number of benzene rings is 2. The van der Waals surface area contributed by atoms with Gasteiger partial charge in [-0.05, 0) is 81.1 Å². The zero-order chi connectivity index (χ0) is 23.6. The molecule has 33 heavy (non-hydrogen) atoms. The number of carbonyl (C=O) groups is 1. The van der Waals surface area contributed by atoms with E-state index < -0.39 is 10.0 Å². The van der Waals surface area contributed by atoms with Gasteiger partial charge in [0.2, 0.25) is 15.9 Å². The van der Waals surface area contributed by atoms with Crippen molar-refractivity contribution in [3.05, 3.63) is 52.5 Å². The molecule has 4 rings (SSSR count). The molecule has 0 bridgehead atoms. The Morgan fingerprint density at radius 2 is 1.82 bits per heavy atom. The fourth-order valence-corrected chi connectivity index (χ4v) is 7.02. The van der Waals surface area contributed by atoms with Crippen LogP contribution in [0.5, 0.6) is 5.75 Å². The molecule has 0 radical (unpaired) electrons. The van der Waals surface area contributed by atoms with E-state index in [1.165, 1.54) is 4.31 Å². The van der Waals surface area contributed by atoms with Gasteiger partial charge < -0.3 is 9.64 Å². The third-order valence-electron chi connectivity index (χ3n) is 6.54. The minimum Gasteiger partial charge on any atom is -0.494 e. The molecule has 1 saturated carbocycles. The first-order chi connectivity index (χ1) is 15.8. The number of amides is 1. The summed E-state index contributed by atoms with van der Waals surface area (Å²) in [5.74, 6) is 0.453. The third kappa shape index (κ3) is 5.12. The number of hydrogen-bond donors (Lipinski definition) is 0. The van der Waals surface area contributed by atoms with Crippen molar-refractivity contribution in [2.24, 2.45) is 0 Å². The summed E-state index contributed by atoms with van der Waals surface area (Å²) in [5.41, 5.74) is 1.97. The van der Waals surface area contributed by atoms with E-state index in [9.17, 15) is 13.2 Å². The molecule has 2 aromatic rings. The second kappa shape index (κ2) is 10.2. The highest BCUT2D eigenvalue weighted by atomic mass is 79.9. The lowest BCUT2D eigenvalue weighted by molar-refractivity contribution is -0.119. The van der Waals surface area contributed by atoms with Gasteiger partial charge in [-0.3, -0.25) is 4.79 Å². The molecule has 2 aliphatic rings. The topological polar surface area (TPSA) is 66.9 Å². The quantitative estimate of drug-likeness (QED) is 0.492. The fraction of sp³-hybridized carbons (Fsp3) is 0.480. The minimum absolute atomic E-state index is 0.0109. The van der Waals surface area contributed by atoms with Gasteiger partial charge in [-0.1, -0.05) is 35.2 Å². The average Bonchev–Trinajstić information content (AvgIpc) is 3.13. The second-order valence-electron chi connectivity index (χ2n) is 8.84. The lowest BCUT2D eigenvalue weighted by Gasteiger charge is -2.34. The van der Waals surface area contributed by atoms with Crippen LogP contribution in [-0.2, 0) is 21.2 Å². The Balaban J connectivity index is 1.63. The molecule has 2 aromatic carbocycles. The molecule has 0 aromatic heterocycles.